The van der Waals surface area contributed by atoms with Crippen molar-refractivity contribution in [2.24, 2.45) is 5.92 Å². The number of anilines is 2. The van der Waals surface area contributed by atoms with Crippen molar-refractivity contribution in [1.29, 1.82) is 0 Å². The molecule has 0 saturated carbocycles. The standard InChI is InChI=1S/C17H23F3N2O6S2/c1-5-29(25,26)21-11-7-8-13(22-30(27,28)6-2)12(9-11)14(15(23)10(3)4)16(24)17(18,19)20/h7-10,14,21-22H,5-6H2,1-4H3. The highest BCUT2D eigenvalue weighted by molar-refractivity contribution is 7.92. The molecule has 2 N–H and O–H groups in total. The first-order chi connectivity index (χ1) is 13.5. The summed E-state index contributed by atoms with van der Waals surface area (Å²) in [5.74, 6) is -7.60. The molecule has 0 bridgehead atoms. The van der Waals surface area contributed by atoms with Gasteiger partial charge >= 0.3 is 6.18 Å². The molecule has 30 heavy (non-hydrogen) atoms. The van der Waals surface area contributed by atoms with Gasteiger partial charge in [0.2, 0.25) is 20.0 Å². The molecule has 8 nitrogen and oxygen atoms in total. The van der Waals surface area contributed by atoms with Crippen LogP contribution in [0.3, 0.4) is 0 Å². The molecule has 0 aliphatic heterocycles. The van der Waals surface area contributed by atoms with Crippen LogP contribution >= 0.6 is 0 Å². The third-order valence-electron chi connectivity index (χ3n) is 4.06. The SMILES string of the molecule is CCS(=O)(=O)Nc1ccc(NS(=O)(=O)CC)c(C(C(=O)C(C)C)C(=O)C(F)(F)F)c1. The number of carbonyl (C=O) groups is 2. The number of nitrogens with one attached hydrogen (secondary N) is 2. The van der Waals surface area contributed by atoms with Crippen LogP contribution in [-0.2, 0) is 29.6 Å². The van der Waals surface area contributed by atoms with Crippen molar-refractivity contribution in [1.82, 2.24) is 0 Å². The fourth-order valence-corrected chi connectivity index (χ4v) is 3.67. The van der Waals surface area contributed by atoms with Crippen LogP contribution in [0.2, 0.25) is 0 Å². The molecule has 1 rings (SSSR count). The van der Waals surface area contributed by atoms with E-state index in [9.17, 15) is 39.6 Å². The first kappa shape index (κ1) is 25.9. The van der Waals surface area contributed by atoms with Gasteiger partial charge in [-0.1, -0.05) is 13.8 Å². The first-order valence-corrected chi connectivity index (χ1v) is 12.1. The molecule has 1 atom stereocenters. The van der Waals surface area contributed by atoms with Crippen molar-refractivity contribution in [2.45, 2.75) is 39.8 Å². The Morgan fingerprint density at radius 2 is 1.47 bits per heavy atom. The summed E-state index contributed by atoms with van der Waals surface area (Å²) in [5, 5.41) is 0. The number of hydrogen-bond acceptors (Lipinski definition) is 6. The second kappa shape index (κ2) is 9.33. The number of rotatable bonds is 10. The van der Waals surface area contributed by atoms with E-state index in [1.54, 1.807) is 0 Å². The molecule has 0 aliphatic rings. The lowest BCUT2D eigenvalue weighted by Gasteiger charge is -2.23. The van der Waals surface area contributed by atoms with Gasteiger partial charge in [-0.25, -0.2) is 16.8 Å². The zero-order valence-corrected chi connectivity index (χ0v) is 18.3. The van der Waals surface area contributed by atoms with E-state index in [1.165, 1.54) is 27.7 Å². The summed E-state index contributed by atoms with van der Waals surface area (Å²) in [6, 6.07) is 2.97. The fraction of sp³-hybridized carbons (Fsp3) is 0.529. The zero-order valence-electron chi connectivity index (χ0n) is 16.7. The van der Waals surface area contributed by atoms with E-state index in [-0.39, 0.29) is 11.4 Å². The van der Waals surface area contributed by atoms with Gasteiger partial charge in [0.05, 0.1) is 17.2 Å². The molecule has 0 aliphatic carbocycles. The van der Waals surface area contributed by atoms with E-state index < -0.39 is 66.6 Å². The van der Waals surface area contributed by atoms with Gasteiger partial charge in [0.25, 0.3) is 5.78 Å². The van der Waals surface area contributed by atoms with E-state index in [1.807, 2.05) is 4.72 Å². The number of Topliss-reactive ketones (excluding diaryl/α,β-unsaturated/α-hetero) is 2. The van der Waals surface area contributed by atoms with Crippen molar-refractivity contribution in [3.05, 3.63) is 23.8 Å². The molecule has 1 aromatic rings. The van der Waals surface area contributed by atoms with Gasteiger partial charge in [-0.3, -0.25) is 19.0 Å². The van der Waals surface area contributed by atoms with E-state index >= 15 is 0 Å². The minimum atomic E-state index is -5.38. The molecule has 13 heteroatoms. The Morgan fingerprint density at radius 1 is 0.967 bits per heavy atom. The Balaban J connectivity index is 3.78. The Morgan fingerprint density at radius 3 is 1.90 bits per heavy atom. The van der Waals surface area contributed by atoms with Crippen molar-refractivity contribution in [2.75, 3.05) is 20.9 Å². The number of carbonyl (C=O) groups excluding carboxylic acids is 2. The van der Waals surface area contributed by atoms with Crippen LogP contribution in [0.5, 0.6) is 0 Å². The molecule has 0 aromatic heterocycles. The lowest BCUT2D eigenvalue weighted by molar-refractivity contribution is -0.174. The van der Waals surface area contributed by atoms with E-state index in [0.29, 0.717) is 0 Å². The third kappa shape index (κ3) is 6.69. The summed E-state index contributed by atoms with van der Waals surface area (Å²) in [5.41, 5.74) is -1.24. The highest BCUT2D eigenvalue weighted by Crippen LogP contribution is 2.36. The average molecular weight is 473 g/mol. The molecule has 0 saturated heterocycles. The maximum atomic E-state index is 13.2. The van der Waals surface area contributed by atoms with Crippen LogP contribution < -0.4 is 9.44 Å². The van der Waals surface area contributed by atoms with Crippen molar-refractivity contribution >= 4 is 43.0 Å². The minimum Gasteiger partial charge on any atom is -0.298 e. The monoisotopic (exact) mass is 472 g/mol. The third-order valence-corrected chi connectivity index (χ3v) is 6.65. The molecule has 170 valence electrons. The zero-order chi connectivity index (χ0) is 23.5. The van der Waals surface area contributed by atoms with Gasteiger partial charge in [-0.2, -0.15) is 13.2 Å². The van der Waals surface area contributed by atoms with Gasteiger partial charge in [-0.15, -0.1) is 0 Å². The molecular weight excluding hydrogens is 449 g/mol. The van der Waals surface area contributed by atoms with Gasteiger partial charge < -0.3 is 0 Å². The lowest BCUT2D eigenvalue weighted by atomic mass is 9.84. The van der Waals surface area contributed by atoms with Crippen LogP contribution in [0.1, 0.15) is 39.2 Å². The summed E-state index contributed by atoms with van der Waals surface area (Å²) < 4.78 is 91.3. The lowest BCUT2D eigenvalue weighted by Crippen LogP contribution is -2.36. The number of alkyl halides is 3. The fourth-order valence-electron chi connectivity index (χ4n) is 2.37. The second-order valence-electron chi connectivity index (χ2n) is 6.67. The molecular formula is C17H23F3N2O6S2. The summed E-state index contributed by atoms with van der Waals surface area (Å²) in [7, 11) is -7.81. The quantitative estimate of drug-likeness (QED) is 0.504. The number of ketones is 2. The van der Waals surface area contributed by atoms with E-state index in [4.69, 9.17) is 0 Å². The van der Waals surface area contributed by atoms with Crippen LogP contribution in [0.15, 0.2) is 18.2 Å². The van der Waals surface area contributed by atoms with Crippen LogP contribution in [-0.4, -0.2) is 46.1 Å². The van der Waals surface area contributed by atoms with Crippen LogP contribution in [0, 0.1) is 5.92 Å². The molecule has 0 heterocycles. The number of hydrogen-bond donors (Lipinski definition) is 2. The topological polar surface area (TPSA) is 126 Å². The Bertz CT molecular complexity index is 1020. The summed E-state index contributed by atoms with van der Waals surface area (Å²) in [6.45, 7) is 5.19. The molecule has 1 aromatic carbocycles. The highest BCUT2D eigenvalue weighted by atomic mass is 32.2. The largest absolute Gasteiger partial charge is 0.451 e. The molecule has 1 unspecified atom stereocenters. The molecule has 0 radical (unpaired) electrons. The molecule has 0 amide bonds. The molecule has 0 spiro atoms. The smallest absolute Gasteiger partial charge is 0.298 e. The van der Waals surface area contributed by atoms with Gasteiger partial charge in [0.1, 0.15) is 5.92 Å². The van der Waals surface area contributed by atoms with E-state index in [2.05, 4.69) is 4.72 Å². The second-order valence-corrected chi connectivity index (χ2v) is 10.7. The Kier molecular flexibility index (Phi) is 8.05. The first-order valence-electron chi connectivity index (χ1n) is 8.84. The summed E-state index contributed by atoms with van der Waals surface area (Å²) >= 11 is 0. The number of halogens is 3. The number of sulfonamides is 2. The van der Waals surface area contributed by atoms with Crippen molar-refractivity contribution in [3.8, 4) is 0 Å². The number of benzene rings is 1. The average Bonchev–Trinajstić information content (AvgIpc) is 2.62. The predicted octanol–water partition coefficient (Wildman–Crippen LogP) is 2.65. The Labute approximate surface area is 173 Å². The molecule has 0 fully saturated rings. The maximum absolute atomic E-state index is 13.2. The van der Waals surface area contributed by atoms with E-state index in [0.717, 1.165) is 18.2 Å². The summed E-state index contributed by atoms with van der Waals surface area (Å²) in [4.78, 5) is 24.6. The van der Waals surface area contributed by atoms with Crippen molar-refractivity contribution in [3.63, 3.8) is 0 Å². The van der Waals surface area contributed by atoms with Gasteiger partial charge in [0.15, 0.2) is 5.78 Å². The maximum Gasteiger partial charge on any atom is 0.451 e. The van der Waals surface area contributed by atoms with Crippen LogP contribution in [0.4, 0.5) is 24.5 Å². The Hall–Kier alpha value is -2.15. The summed E-state index contributed by atoms with van der Waals surface area (Å²) in [6.07, 6.45) is -5.38. The van der Waals surface area contributed by atoms with Crippen molar-refractivity contribution < 1.29 is 39.6 Å². The van der Waals surface area contributed by atoms with Gasteiger partial charge in [-0.05, 0) is 37.6 Å². The van der Waals surface area contributed by atoms with Gasteiger partial charge in [0, 0.05) is 11.6 Å². The predicted molar refractivity (Wildman–Crippen MR) is 106 cm³/mol. The van der Waals surface area contributed by atoms with Crippen LogP contribution in [0.25, 0.3) is 0 Å². The highest BCUT2D eigenvalue weighted by Gasteiger charge is 2.48. The minimum absolute atomic E-state index is 0.220. The normalized spacial score (nSPS) is 13.7.